The molecule has 0 saturated heterocycles. The average molecular weight is 231 g/mol. The number of rotatable bonds is 3. The summed E-state index contributed by atoms with van der Waals surface area (Å²) in [5.41, 5.74) is 9.82. The van der Waals surface area contributed by atoms with Crippen molar-refractivity contribution in [1.29, 1.82) is 0 Å². The van der Waals surface area contributed by atoms with Gasteiger partial charge >= 0.3 is 0 Å². The molecule has 1 aromatic rings. The van der Waals surface area contributed by atoms with Crippen LogP contribution < -0.4 is 5.73 Å². The third kappa shape index (κ3) is 1.81. The summed E-state index contributed by atoms with van der Waals surface area (Å²) in [6.07, 6.45) is 1.09. The summed E-state index contributed by atoms with van der Waals surface area (Å²) >= 11 is 0. The van der Waals surface area contributed by atoms with Crippen molar-refractivity contribution in [2.24, 2.45) is 22.5 Å². The molecule has 17 heavy (non-hydrogen) atoms. The Hall–Kier alpha value is -0.820. The van der Waals surface area contributed by atoms with Crippen LogP contribution in [0.15, 0.2) is 24.3 Å². The molecule has 1 aromatic carbocycles. The Bertz CT molecular complexity index is 386. The number of hydrogen-bond donors (Lipinski definition) is 1. The van der Waals surface area contributed by atoms with Crippen molar-refractivity contribution in [3.63, 3.8) is 0 Å². The van der Waals surface area contributed by atoms with Gasteiger partial charge in [-0.05, 0) is 34.3 Å². The molecule has 1 fully saturated rings. The van der Waals surface area contributed by atoms with E-state index in [9.17, 15) is 0 Å². The van der Waals surface area contributed by atoms with Gasteiger partial charge in [-0.2, -0.15) is 0 Å². The van der Waals surface area contributed by atoms with Gasteiger partial charge in [0.2, 0.25) is 0 Å². The molecule has 0 spiro atoms. The van der Waals surface area contributed by atoms with Gasteiger partial charge in [0.05, 0.1) is 0 Å². The van der Waals surface area contributed by atoms with Crippen LogP contribution in [0.2, 0.25) is 0 Å². The highest BCUT2D eigenvalue weighted by Gasteiger charge is 2.66. The Balaban J connectivity index is 2.19. The van der Waals surface area contributed by atoms with Crippen LogP contribution in [0, 0.1) is 16.7 Å². The molecule has 2 N–H and O–H groups in total. The van der Waals surface area contributed by atoms with Crippen LogP contribution in [-0.2, 0) is 6.42 Å². The Kier molecular flexibility index (Phi) is 2.86. The van der Waals surface area contributed by atoms with Crippen molar-refractivity contribution in [2.45, 2.75) is 47.1 Å². The van der Waals surface area contributed by atoms with Crippen molar-refractivity contribution in [3.8, 4) is 0 Å². The van der Waals surface area contributed by atoms with Gasteiger partial charge in [0, 0.05) is 6.04 Å². The second-order valence-electron chi connectivity index (χ2n) is 6.54. The highest BCUT2D eigenvalue weighted by atomic mass is 14.8. The van der Waals surface area contributed by atoms with Gasteiger partial charge in [-0.3, -0.25) is 0 Å². The van der Waals surface area contributed by atoms with E-state index in [-0.39, 0.29) is 6.04 Å². The van der Waals surface area contributed by atoms with E-state index in [1.54, 1.807) is 0 Å². The largest absolute Gasteiger partial charge is 0.324 e. The third-order valence-corrected chi connectivity index (χ3v) is 5.26. The maximum Gasteiger partial charge on any atom is 0.0334 e. The Labute approximate surface area is 105 Å². The predicted octanol–water partition coefficient (Wildman–Crippen LogP) is 3.93. The fraction of sp³-hybridized carbons (Fsp3) is 0.625. The molecule has 1 unspecified atom stereocenters. The molecular formula is C16H25N. The van der Waals surface area contributed by atoms with Gasteiger partial charge in [-0.15, -0.1) is 0 Å². The molecule has 0 aliphatic heterocycles. The minimum absolute atomic E-state index is 0.172. The zero-order valence-corrected chi connectivity index (χ0v) is 11.7. The van der Waals surface area contributed by atoms with Crippen LogP contribution in [0.5, 0.6) is 0 Å². The van der Waals surface area contributed by atoms with Gasteiger partial charge in [-0.25, -0.2) is 0 Å². The summed E-state index contributed by atoms with van der Waals surface area (Å²) in [7, 11) is 0. The Morgan fingerprint density at radius 3 is 1.88 bits per heavy atom. The first-order valence-corrected chi connectivity index (χ1v) is 6.66. The molecular weight excluding hydrogens is 206 g/mol. The lowest BCUT2D eigenvalue weighted by molar-refractivity contribution is 0.457. The molecule has 1 saturated carbocycles. The second-order valence-corrected chi connectivity index (χ2v) is 6.54. The van der Waals surface area contributed by atoms with Crippen molar-refractivity contribution < 1.29 is 0 Å². The van der Waals surface area contributed by atoms with Crippen LogP contribution in [0.4, 0.5) is 0 Å². The van der Waals surface area contributed by atoms with Crippen LogP contribution in [0.3, 0.4) is 0 Å². The van der Waals surface area contributed by atoms with E-state index in [4.69, 9.17) is 5.73 Å². The van der Waals surface area contributed by atoms with E-state index in [0.717, 1.165) is 6.42 Å². The summed E-state index contributed by atoms with van der Waals surface area (Å²) in [6.45, 7) is 11.5. The monoisotopic (exact) mass is 231 g/mol. The highest BCUT2D eigenvalue weighted by molar-refractivity contribution is 5.29. The van der Waals surface area contributed by atoms with Crippen LogP contribution in [0.1, 0.15) is 51.8 Å². The molecule has 1 atom stereocenters. The Morgan fingerprint density at radius 1 is 1.06 bits per heavy atom. The summed E-state index contributed by atoms with van der Waals surface area (Å²) in [5.74, 6) is 0.586. The first-order valence-electron chi connectivity index (χ1n) is 6.66. The lowest BCUT2D eigenvalue weighted by Crippen LogP contribution is -2.16. The minimum Gasteiger partial charge on any atom is -0.324 e. The van der Waals surface area contributed by atoms with Crippen molar-refractivity contribution in [3.05, 3.63) is 35.4 Å². The molecule has 1 heteroatoms. The SMILES string of the molecule is CCc1ccc(C(N)C2C(C)(C)C2(C)C)cc1. The number of aryl methyl sites for hydroxylation is 1. The van der Waals surface area contributed by atoms with E-state index in [0.29, 0.717) is 16.7 Å². The lowest BCUT2D eigenvalue weighted by Gasteiger charge is -2.14. The first kappa shape index (κ1) is 12.6. The van der Waals surface area contributed by atoms with Crippen molar-refractivity contribution in [1.82, 2.24) is 0 Å². The van der Waals surface area contributed by atoms with Crippen LogP contribution >= 0.6 is 0 Å². The minimum atomic E-state index is 0.172. The molecule has 0 heterocycles. The van der Waals surface area contributed by atoms with Crippen molar-refractivity contribution >= 4 is 0 Å². The maximum absolute atomic E-state index is 6.44. The zero-order valence-electron chi connectivity index (χ0n) is 11.7. The lowest BCUT2D eigenvalue weighted by atomic mass is 9.96. The van der Waals surface area contributed by atoms with Gasteiger partial charge in [0.25, 0.3) is 0 Å². The number of hydrogen-bond acceptors (Lipinski definition) is 1. The molecule has 0 bridgehead atoms. The number of nitrogens with two attached hydrogens (primary N) is 1. The molecule has 2 rings (SSSR count). The summed E-state index contributed by atoms with van der Waals surface area (Å²) < 4.78 is 0. The van der Waals surface area contributed by atoms with E-state index >= 15 is 0 Å². The molecule has 0 amide bonds. The number of benzene rings is 1. The van der Waals surface area contributed by atoms with Gasteiger partial charge in [-0.1, -0.05) is 58.9 Å². The molecule has 1 aliphatic carbocycles. The summed E-state index contributed by atoms with van der Waals surface area (Å²) in [6, 6.07) is 8.99. The molecule has 1 nitrogen and oxygen atoms in total. The zero-order chi connectivity index (χ0) is 12.8. The second kappa shape index (κ2) is 3.84. The third-order valence-electron chi connectivity index (χ3n) is 5.26. The normalized spacial score (nSPS) is 23.4. The molecule has 0 aromatic heterocycles. The predicted molar refractivity (Wildman–Crippen MR) is 73.8 cm³/mol. The maximum atomic E-state index is 6.44. The van der Waals surface area contributed by atoms with E-state index < -0.39 is 0 Å². The summed E-state index contributed by atoms with van der Waals surface area (Å²) in [5, 5.41) is 0. The quantitative estimate of drug-likeness (QED) is 0.838. The van der Waals surface area contributed by atoms with Crippen molar-refractivity contribution in [2.75, 3.05) is 0 Å². The fourth-order valence-corrected chi connectivity index (χ4v) is 3.31. The molecule has 1 aliphatic rings. The van der Waals surface area contributed by atoms with E-state index in [2.05, 4.69) is 58.9 Å². The first-order chi connectivity index (χ1) is 7.82. The smallest absolute Gasteiger partial charge is 0.0334 e. The van der Waals surface area contributed by atoms with Crippen LogP contribution in [0.25, 0.3) is 0 Å². The average Bonchev–Trinajstić information content (AvgIpc) is 2.69. The van der Waals surface area contributed by atoms with E-state index in [1.165, 1.54) is 11.1 Å². The standard InChI is InChI=1S/C16H25N/c1-6-11-7-9-12(10-8-11)13(17)14-15(2,3)16(14,4)5/h7-10,13-14H,6,17H2,1-5H3. The van der Waals surface area contributed by atoms with Gasteiger partial charge < -0.3 is 5.73 Å². The molecule has 94 valence electrons. The van der Waals surface area contributed by atoms with Gasteiger partial charge in [0.15, 0.2) is 0 Å². The topological polar surface area (TPSA) is 26.0 Å². The van der Waals surface area contributed by atoms with E-state index in [1.807, 2.05) is 0 Å². The summed E-state index contributed by atoms with van der Waals surface area (Å²) in [4.78, 5) is 0. The fourth-order valence-electron chi connectivity index (χ4n) is 3.31. The Morgan fingerprint density at radius 2 is 1.53 bits per heavy atom. The highest BCUT2D eigenvalue weighted by Crippen LogP contribution is 2.71. The van der Waals surface area contributed by atoms with Crippen LogP contribution in [-0.4, -0.2) is 0 Å². The van der Waals surface area contributed by atoms with Gasteiger partial charge in [0.1, 0.15) is 0 Å². The molecule has 0 radical (unpaired) electrons.